The summed E-state index contributed by atoms with van der Waals surface area (Å²) in [5, 5.41) is 8.69. The van der Waals surface area contributed by atoms with Crippen LogP contribution in [0.5, 0.6) is 6.08 Å². The number of aliphatic hydroxyl groups excluding tert-OH is 1. The number of nitrogens with zero attached hydrogens (tertiary/aromatic N) is 1. The SMILES string of the molecule is CC(C)OCCOc1nc(CO)co1. The summed E-state index contributed by atoms with van der Waals surface area (Å²) in [6.45, 7) is 4.65. The maximum Gasteiger partial charge on any atom is 0.393 e. The first-order valence-electron chi connectivity index (χ1n) is 4.52. The molecule has 1 heterocycles. The van der Waals surface area contributed by atoms with Crippen LogP contribution in [0.15, 0.2) is 10.7 Å². The van der Waals surface area contributed by atoms with Crippen LogP contribution in [-0.4, -0.2) is 29.4 Å². The number of hydrogen-bond donors (Lipinski definition) is 1. The first-order chi connectivity index (χ1) is 6.72. The Morgan fingerprint density at radius 3 is 2.86 bits per heavy atom. The first kappa shape index (κ1) is 11.0. The highest BCUT2D eigenvalue weighted by molar-refractivity contribution is 4.97. The zero-order valence-electron chi connectivity index (χ0n) is 8.40. The van der Waals surface area contributed by atoms with E-state index in [2.05, 4.69) is 4.98 Å². The molecule has 0 saturated heterocycles. The van der Waals surface area contributed by atoms with Crippen LogP contribution in [0.1, 0.15) is 19.5 Å². The summed E-state index contributed by atoms with van der Waals surface area (Å²) in [6.07, 6.45) is 1.72. The second-order valence-corrected chi connectivity index (χ2v) is 3.03. The zero-order chi connectivity index (χ0) is 10.4. The average Bonchev–Trinajstić information content (AvgIpc) is 2.60. The van der Waals surface area contributed by atoms with Crippen molar-refractivity contribution in [3.63, 3.8) is 0 Å². The van der Waals surface area contributed by atoms with Crippen LogP contribution in [-0.2, 0) is 11.3 Å². The van der Waals surface area contributed by atoms with Crippen molar-refractivity contribution in [1.29, 1.82) is 0 Å². The molecule has 5 nitrogen and oxygen atoms in total. The third kappa shape index (κ3) is 3.76. The van der Waals surface area contributed by atoms with Crippen molar-refractivity contribution in [2.24, 2.45) is 0 Å². The summed E-state index contributed by atoms with van der Waals surface area (Å²) in [6, 6.07) is 0. The van der Waals surface area contributed by atoms with Crippen molar-refractivity contribution in [3.05, 3.63) is 12.0 Å². The molecule has 0 aliphatic carbocycles. The minimum Gasteiger partial charge on any atom is -0.448 e. The van der Waals surface area contributed by atoms with E-state index < -0.39 is 0 Å². The molecule has 0 aliphatic rings. The van der Waals surface area contributed by atoms with Gasteiger partial charge in [0.2, 0.25) is 0 Å². The third-order valence-electron chi connectivity index (χ3n) is 1.45. The molecule has 0 spiro atoms. The summed E-state index contributed by atoms with van der Waals surface area (Å²) in [5.74, 6) is 0. The van der Waals surface area contributed by atoms with Crippen LogP contribution in [0.2, 0.25) is 0 Å². The van der Waals surface area contributed by atoms with Crippen molar-refractivity contribution in [1.82, 2.24) is 4.98 Å². The van der Waals surface area contributed by atoms with Gasteiger partial charge in [-0.1, -0.05) is 0 Å². The second-order valence-electron chi connectivity index (χ2n) is 3.03. The van der Waals surface area contributed by atoms with E-state index in [1.807, 2.05) is 13.8 Å². The summed E-state index contributed by atoms with van der Waals surface area (Å²) in [4.78, 5) is 3.85. The molecule has 0 aliphatic heterocycles. The zero-order valence-corrected chi connectivity index (χ0v) is 8.40. The van der Waals surface area contributed by atoms with E-state index in [1.54, 1.807) is 0 Å². The Hall–Kier alpha value is -1.07. The fraction of sp³-hybridized carbons (Fsp3) is 0.667. The van der Waals surface area contributed by atoms with E-state index in [1.165, 1.54) is 6.26 Å². The van der Waals surface area contributed by atoms with Crippen molar-refractivity contribution < 1.29 is 19.0 Å². The Kier molecular flexibility index (Phi) is 4.42. The van der Waals surface area contributed by atoms with Gasteiger partial charge in [-0.25, -0.2) is 0 Å². The predicted molar refractivity (Wildman–Crippen MR) is 49.0 cm³/mol. The van der Waals surface area contributed by atoms with Gasteiger partial charge in [0.05, 0.1) is 19.3 Å². The Morgan fingerprint density at radius 1 is 1.50 bits per heavy atom. The molecule has 0 atom stereocenters. The molecular formula is C9H15NO4. The lowest BCUT2D eigenvalue weighted by Crippen LogP contribution is -2.11. The smallest absolute Gasteiger partial charge is 0.393 e. The molecule has 0 unspecified atom stereocenters. The Morgan fingerprint density at radius 2 is 2.29 bits per heavy atom. The molecule has 0 amide bonds. The standard InChI is InChI=1S/C9H15NO4/c1-7(2)12-3-4-13-9-10-8(5-11)6-14-9/h6-7,11H,3-5H2,1-2H3. The predicted octanol–water partition coefficient (Wildman–Crippen LogP) is 0.971. The van der Waals surface area contributed by atoms with Gasteiger partial charge in [0.1, 0.15) is 18.6 Å². The average molecular weight is 201 g/mol. The van der Waals surface area contributed by atoms with E-state index in [4.69, 9.17) is 19.0 Å². The van der Waals surface area contributed by atoms with Gasteiger partial charge in [0, 0.05) is 0 Å². The normalized spacial score (nSPS) is 10.9. The number of rotatable bonds is 6. The van der Waals surface area contributed by atoms with E-state index in [0.29, 0.717) is 18.9 Å². The summed E-state index contributed by atoms with van der Waals surface area (Å²) in [5.41, 5.74) is 0.463. The molecular weight excluding hydrogens is 186 g/mol. The molecule has 0 radical (unpaired) electrons. The van der Waals surface area contributed by atoms with Gasteiger partial charge in [-0.3, -0.25) is 0 Å². The highest BCUT2D eigenvalue weighted by Gasteiger charge is 2.03. The van der Waals surface area contributed by atoms with Gasteiger partial charge in [-0.2, -0.15) is 4.98 Å². The molecule has 1 rings (SSSR count). The maximum atomic E-state index is 8.69. The number of hydrogen-bond acceptors (Lipinski definition) is 5. The van der Waals surface area contributed by atoms with Gasteiger partial charge >= 0.3 is 6.08 Å². The van der Waals surface area contributed by atoms with E-state index in [-0.39, 0.29) is 18.8 Å². The van der Waals surface area contributed by atoms with Gasteiger partial charge in [-0.05, 0) is 13.8 Å². The third-order valence-corrected chi connectivity index (χ3v) is 1.45. The van der Waals surface area contributed by atoms with E-state index in [0.717, 1.165) is 0 Å². The lowest BCUT2D eigenvalue weighted by Gasteiger charge is -2.06. The highest BCUT2D eigenvalue weighted by atomic mass is 16.6. The maximum absolute atomic E-state index is 8.69. The minimum atomic E-state index is -0.143. The van der Waals surface area contributed by atoms with Crippen LogP contribution in [0.4, 0.5) is 0 Å². The van der Waals surface area contributed by atoms with Crippen LogP contribution in [0.25, 0.3) is 0 Å². The monoisotopic (exact) mass is 201 g/mol. The quantitative estimate of drug-likeness (QED) is 0.695. The fourth-order valence-electron chi connectivity index (χ4n) is 0.840. The second kappa shape index (κ2) is 5.62. The van der Waals surface area contributed by atoms with Gasteiger partial charge in [-0.15, -0.1) is 0 Å². The molecule has 1 aromatic rings. The molecule has 0 saturated carbocycles. The topological polar surface area (TPSA) is 64.7 Å². The lowest BCUT2D eigenvalue weighted by molar-refractivity contribution is 0.0480. The van der Waals surface area contributed by atoms with Crippen molar-refractivity contribution in [3.8, 4) is 6.08 Å². The van der Waals surface area contributed by atoms with Crippen molar-refractivity contribution in [2.45, 2.75) is 26.6 Å². The number of aromatic nitrogens is 1. The molecule has 0 aromatic carbocycles. The van der Waals surface area contributed by atoms with Crippen LogP contribution >= 0.6 is 0 Å². The molecule has 5 heteroatoms. The van der Waals surface area contributed by atoms with Crippen molar-refractivity contribution in [2.75, 3.05) is 13.2 Å². The molecule has 1 N–H and O–H groups in total. The molecule has 1 aromatic heterocycles. The van der Waals surface area contributed by atoms with Gasteiger partial charge in [0.25, 0.3) is 0 Å². The van der Waals surface area contributed by atoms with Crippen LogP contribution in [0, 0.1) is 0 Å². The van der Waals surface area contributed by atoms with Gasteiger partial charge in [0.15, 0.2) is 0 Å². The van der Waals surface area contributed by atoms with Crippen molar-refractivity contribution >= 4 is 0 Å². The minimum absolute atomic E-state index is 0.143. The molecule has 0 fully saturated rings. The largest absolute Gasteiger partial charge is 0.448 e. The highest BCUT2D eigenvalue weighted by Crippen LogP contribution is 2.09. The first-order valence-corrected chi connectivity index (χ1v) is 4.52. The Labute approximate surface area is 82.7 Å². The molecule has 80 valence electrons. The summed E-state index contributed by atoms with van der Waals surface area (Å²) < 4.78 is 15.3. The van der Waals surface area contributed by atoms with Gasteiger partial charge < -0.3 is 19.0 Å². The van der Waals surface area contributed by atoms with Crippen LogP contribution in [0.3, 0.4) is 0 Å². The summed E-state index contributed by atoms with van der Waals surface area (Å²) in [7, 11) is 0. The van der Waals surface area contributed by atoms with E-state index in [9.17, 15) is 0 Å². The summed E-state index contributed by atoms with van der Waals surface area (Å²) >= 11 is 0. The number of aliphatic hydroxyl groups is 1. The Bertz CT molecular complexity index is 259. The number of ether oxygens (including phenoxy) is 2. The van der Waals surface area contributed by atoms with Crippen LogP contribution < -0.4 is 4.74 Å². The lowest BCUT2D eigenvalue weighted by atomic mass is 10.5. The fourth-order valence-corrected chi connectivity index (χ4v) is 0.840. The Balaban J connectivity index is 2.18. The molecule has 14 heavy (non-hydrogen) atoms. The number of oxazole rings is 1. The molecule has 0 bridgehead atoms. The van der Waals surface area contributed by atoms with E-state index >= 15 is 0 Å².